The zero-order chi connectivity index (χ0) is 83.9. The van der Waals surface area contributed by atoms with Gasteiger partial charge in [0.2, 0.25) is 5.88 Å². The van der Waals surface area contributed by atoms with E-state index in [4.69, 9.17) is 22.1 Å². The molecular weight excluding hydrogens is 1480 g/mol. The number of aryl methyl sites for hydroxylation is 5. The fourth-order valence-electron chi connectivity index (χ4n) is 12.4. The molecule has 0 radical (unpaired) electrons. The molecule has 0 saturated carbocycles. The molecule has 2 N–H and O–H groups in total. The summed E-state index contributed by atoms with van der Waals surface area (Å²) in [6.07, 6.45) is 10.8. The second-order valence-corrected chi connectivity index (χ2v) is 28.4. The molecule has 0 saturated heterocycles. The van der Waals surface area contributed by atoms with Gasteiger partial charge in [-0.2, -0.15) is 0 Å². The minimum absolute atomic E-state index is 0.00807. The lowest BCUT2D eigenvalue weighted by Crippen LogP contribution is -2.26. The smallest absolute Gasteiger partial charge is 0.253 e. The number of pyridine rings is 4. The Morgan fingerprint density at radius 3 is 0.872 bits per heavy atom. The number of Topliss-reactive ketones (excluding diaryl/α,β-unsaturated/α-hetero) is 4. The van der Waals surface area contributed by atoms with Crippen molar-refractivity contribution in [2.45, 2.75) is 86.0 Å². The number of hydrogen-bond donors (Lipinski definition) is 1. The summed E-state index contributed by atoms with van der Waals surface area (Å²) in [6.45, 7) is 12.4. The van der Waals surface area contributed by atoms with Crippen molar-refractivity contribution in [3.05, 3.63) is 345 Å². The van der Waals surface area contributed by atoms with E-state index in [1.165, 1.54) is 0 Å². The Kier molecular flexibility index (Phi) is 32.9. The van der Waals surface area contributed by atoms with Crippen LogP contribution in [0.1, 0.15) is 164 Å². The predicted molar refractivity (Wildman–Crippen MR) is 466 cm³/mol. The minimum Gasteiger partial charge on any atom is -0.481 e. The standard InChI is InChI=1S/C25H26N2O3.C25H26N2O2.C24H23ClN2O2.C24H25N3O2/c1-4-27(2)25(29)22-13-9-19(10-14-22)18-7-11-20(12-8-18)23(28)16-15-21-6-5-17-26-24(21)30-3;1-4-27(3)25(29)23-14-10-21(11-15-23)20-8-12-22(13-9-20)24(28)16-7-19-6-5-18(2)26-17-19;2*1-3-27(2)24(29)21-12-8-18(9-13-21)17-6-10-19(11-7-17)22(28)15-14-20-5-4-16-26-23(20)25/h5-14,17H,4,15-16H2,1-3H3;5-6,8-15,17H,4,7,16H2,1-3H3;4-13,16H,3,14-15H2,1-2H3;4-13,16H,3,14-15H2,1-2H3,(H2,25,26). The maximum Gasteiger partial charge on any atom is 0.253 e. The van der Waals surface area contributed by atoms with Crippen molar-refractivity contribution >= 4 is 64.2 Å². The molecule has 4 aromatic heterocycles. The summed E-state index contributed by atoms with van der Waals surface area (Å²) in [5.41, 5.74) is 24.0. The molecule has 0 spiro atoms. The highest BCUT2D eigenvalue weighted by atomic mass is 35.5. The van der Waals surface area contributed by atoms with E-state index >= 15 is 0 Å². The van der Waals surface area contributed by atoms with Crippen LogP contribution < -0.4 is 10.5 Å². The van der Waals surface area contributed by atoms with Crippen molar-refractivity contribution in [2.24, 2.45) is 0 Å². The summed E-state index contributed by atoms with van der Waals surface area (Å²) in [4.78, 5) is 122. The summed E-state index contributed by atoms with van der Waals surface area (Å²) in [5, 5.41) is 0.447. The number of carbonyl (C=O) groups excluding carboxylic acids is 8. The highest BCUT2D eigenvalue weighted by Crippen LogP contribution is 2.28. The Bertz CT molecular complexity index is 5150. The Morgan fingerprint density at radius 2 is 0.590 bits per heavy atom. The van der Waals surface area contributed by atoms with Gasteiger partial charge in [0.15, 0.2) is 23.1 Å². The van der Waals surface area contributed by atoms with Gasteiger partial charge in [-0.05, 0) is 194 Å². The molecule has 0 fully saturated rings. The third kappa shape index (κ3) is 25.2. The fraction of sp³-hybridized carbons (Fsp3) is 0.224. The van der Waals surface area contributed by atoms with Crippen LogP contribution in [0.3, 0.4) is 0 Å². The first-order valence-corrected chi connectivity index (χ1v) is 39.5. The maximum absolute atomic E-state index is 12.6. The highest BCUT2D eigenvalue weighted by Gasteiger charge is 2.18. The number of rotatable bonds is 29. The van der Waals surface area contributed by atoms with Crippen LogP contribution in [0.4, 0.5) is 5.82 Å². The van der Waals surface area contributed by atoms with Gasteiger partial charge in [0.1, 0.15) is 11.0 Å². The van der Waals surface area contributed by atoms with E-state index < -0.39 is 0 Å². The van der Waals surface area contributed by atoms with Gasteiger partial charge in [-0.1, -0.05) is 181 Å². The topological polar surface area (TPSA) is 236 Å². The lowest BCUT2D eigenvalue weighted by atomic mass is 9.99. The van der Waals surface area contributed by atoms with Crippen LogP contribution in [0.5, 0.6) is 5.88 Å². The second-order valence-electron chi connectivity index (χ2n) is 28.1. The van der Waals surface area contributed by atoms with Crippen molar-refractivity contribution in [2.75, 3.05) is 67.2 Å². The number of methoxy groups -OCH3 is 1. The van der Waals surface area contributed by atoms with Crippen molar-refractivity contribution in [3.8, 4) is 50.4 Å². The Balaban J connectivity index is 0.000000178. The number of halogens is 1. The lowest BCUT2D eigenvalue weighted by molar-refractivity contribution is 0.0795. The molecule has 12 rings (SSSR count). The molecule has 0 aliphatic carbocycles. The summed E-state index contributed by atoms with van der Waals surface area (Å²) >= 11 is 6.05. The van der Waals surface area contributed by atoms with Gasteiger partial charge in [-0.15, -0.1) is 0 Å². The lowest BCUT2D eigenvalue weighted by Gasteiger charge is -2.14. The first-order valence-electron chi connectivity index (χ1n) is 39.1. The molecule has 4 heterocycles. The largest absolute Gasteiger partial charge is 0.481 e. The van der Waals surface area contributed by atoms with Gasteiger partial charge in [-0.3, -0.25) is 43.3 Å². The van der Waals surface area contributed by atoms with Gasteiger partial charge >= 0.3 is 0 Å². The maximum atomic E-state index is 12.6. The monoisotopic (exact) mass is 1580 g/mol. The van der Waals surface area contributed by atoms with Gasteiger partial charge < -0.3 is 30.1 Å². The molecule has 8 aromatic carbocycles. The van der Waals surface area contributed by atoms with E-state index in [2.05, 4.69) is 19.9 Å². The molecular formula is C98H100ClN9O9. The van der Waals surface area contributed by atoms with Crippen LogP contribution in [0.25, 0.3) is 44.5 Å². The van der Waals surface area contributed by atoms with Gasteiger partial charge in [0.25, 0.3) is 23.6 Å². The molecule has 12 aromatic rings. The number of ether oxygens (including phenoxy) is 1. The number of amides is 4. The van der Waals surface area contributed by atoms with Gasteiger partial charge in [0.05, 0.1) is 7.11 Å². The number of ketones is 4. The zero-order valence-corrected chi connectivity index (χ0v) is 68.9. The van der Waals surface area contributed by atoms with Crippen LogP contribution >= 0.6 is 11.6 Å². The van der Waals surface area contributed by atoms with Gasteiger partial charge in [0, 0.05) is 161 Å². The second kappa shape index (κ2) is 43.9. The van der Waals surface area contributed by atoms with E-state index in [1.807, 2.05) is 283 Å². The van der Waals surface area contributed by atoms with Crippen LogP contribution in [0.2, 0.25) is 5.15 Å². The minimum atomic E-state index is 0.00807. The van der Waals surface area contributed by atoms with Crippen LogP contribution in [0, 0.1) is 6.92 Å². The van der Waals surface area contributed by atoms with E-state index in [9.17, 15) is 38.4 Å². The molecule has 0 unspecified atom stereocenters. The molecule has 0 bridgehead atoms. The van der Waals surface area contributed by atoms with Crippen molar-refractivity contribution in [1.82, 2.24) is 39.5 Å². The molecule has 117 heavy (non-hydrogen) atoms. The third-order valence-electron chi connectivity index (χ3n) is 20.3. The van der Waals surface area contributed by atoms with E-state index in [0.29, 0.717) is 139 Å². The van der Waals surface area contributed by atoms with Crippen molar-refractivity contribution in [1.29, 1.82) is 0 Å². The molecule has 18 nitrogen and oxygen atoms in total. The number of nitrogen functional groups attached to an aromatic ring is 1. The first-order chi connectivity index (χ1) is 56.5. The number of anilines is 1. The number of hydrogen-bond acceptors (Lipinski definition) is 14. The SMILES string of the molecule is CCN(C)C(=O)c1ccc(-c2ccc(C(=O)CCc3ccc(C)nc3)cc2)cc1.CCN(C)C(=O)c1ccc(-c2ccc(C(=O)CCc3cccnc3Cl)cc2)cc1.CCN(C)C(=O)c1ccc(-c2ccc(C(=O)CCc3cccnc3N)cc2)cc1.CCN(C)C(=O)c1ccc(-c2ccc(C(=O)CCc3cccnc3OC)cc2)cc1. The quantitative estimate of drug-likeness (QED) is 0.0339. The normalized spacial score (nSPS) is 10.6. The van der Waals surface area contributed by atoms with Gasteiger partial charge in [-0.25, -0.2) is 15.0 Å². The molecule has 0 aliphatic heterocycles. The number of nitrogens with zero attached hydrogens (tertiary/aromatic N) is 8. The average Bonchev–Trinajstić information content (AvgIpc) is 0.841. The van der Waals surface area contributed by atoms with Crippen LogP contribution in [-0.2, 0) is 25.7 Å². The summed E-state index contributed by atoms with van der Waals surface area (Å²) in [7, 11) is 8.73. The number of benzene rings is 8. The Morgan fingerprint density at radius 1 is 0.325 bits per heavy atom. The number of aromatic nitrogens is 4. The zero-order valence-electron chi connectivity index (χ0n) is 68.1. The first kappa shape index (κ1) is 87.8. The molecule has 19 heteroatoms. The van der Waals surface area contributed by atoms with Crippen LogP contribution in [0.15, 0.2) is 267 Å². The summed E-state index contributed by atoms with van der Waals surface area (Å²) < 4.78 is 5.24. The predicted octanol–water partition coefficient (Wildman–Crippen LogP) is 19.2. The molecule has 598 valence electrons. The van der Waals surface area contributed by atoms with Crippen molar-refractivity contribution in [3.63, 3.8) is 0 Å². The number of carbonyl (C=O) groups is 8. The van der Waals surface area contributed by atoms with Crippen molar-refractivity contribution < 1.29 is 43.1 Å². The highest BCUT2D eigenvalue weighted by molar-refractivity contribution is 6.30. The fourth-order valence-corrected chi connectivity index (χ4v) is 12.6. The Labute approximate surface area is 691 Å². The summed E-state index contributed by atoms with van der Waals surface area (Å²) in [5.74, 6) is 1.43. The molecule has 0 aliphatic rings. The van der Waals surface area contributed by atoms with E-state index in [1.54, 1.807) is 73.5 Å². The number of nitrogens with two attached hydrogens (primary N) is 1. The Hall–Kier alpha value is -13.2. The summed E-state index contributed by atoms with van der Waals surface area (Å²) in [6, 6.07) is 75.7. The van der Waals surface area contributed by atoms with E-state index in [0.717, 1.165) is 72.5 Å². The molecule has 4 amide bonds. The van der Waals surface area contributed by atoms with Crippen LogP contribution in [-0.4, -0.2) is 148 Å². The van der Waals surface area contributed by atoms with E-state index in [-0.39, 0.29) is 46.8 Å². The molecule has 0 atom stereocenters. The average molecular weight is 1580 g/mol. The third-order valence-corrected chi connectivity index (χ3v) is 20.6.